The first-order valence-electron chi connectivity index (χ1n) is 15.7. The summed E-state index contributed by atoms with van der Waals surface area (Å²) < 4.78 is 0. The number of carboxylic acids is 2. The maximum absolute atomic E-state index is 10.5. The molecule has 2 N–H and O–H groups in total. The molecule has 0 unspecified atom stereocenters. The van der Waals surface area contributed by atoms with Crippen molar-refractivity contribution in [1.82, 2.24) is 0 Å². The van der Waals surface area contributed by atoms with E-state index in [1.54, 1.807) is 26.0 Å². The van der Waals surface area contributed by atoms with E-state index in [0.717, 1.165) is 22.3 Å². The maximum Gasteiger partial charge on any atom is 0.328 e. The van der Waals surface area contributed by atoms with E-state index in [2.05, 4.69) is 79.7 Å². The summed E-state index contributed by atoms with van der Waals surface area (Å²) in [6.45, 7) is 21.4. The predicted molar refractivity (Wildman–Crippen MR) is 188 cm³/mol. The molecule has 44 heavy (non-hydrogen) atoms. The highest BCUT2D eigenvalue weighted by Crippen LogP contribution is 2.41. The van der Waals surface area contributed by atoms with Crippen molar-refractivity contribution in [3.63, 3.8) is 0 Å². The van der Waals surface area contributed by atoms with Gasteiger partial charge in [-0.1, -0.05) is 111 Å². The Labute approximate surface area is 267 Å². The van der Waals surface area contributed by atoms with E-state index < -0.39 is 11.9 Å². The van der Waals surface area contributed by atoms with Crippen LogP contribution in [0.4, 0.5) is 0 Å². The van der Waals surface area contributed by atoms with Gasteiger partial charge in [-0.25, -0.2) is 9.59 Å². The Kier molecular flexibility index (Phi) is 15.9. The lowest BCUT2D eigenvalue weighted by molar-refractivity contribution is -0.132. The fourth-order valence-electron chi connectivity index (χ4n) is 5.75. The highest BCUT2D eigenvalue weighted by Gasteiger charge is 2.27. The predicted octanol–water partition coefficient (Wildman–Crippen LogP) is 11.2. The van der Waals surface area contributed by atoms with Gasteiger partial charge in [0.15, 0.2) is 0 Å². The van der Waals surface area contributed by atoms with Crippen molar-refractivity contribution in [3.05, 3.63) is 117 Å². The zero-order chi connectivity index (χ0) is 33.5. The van der Waals surface area contributed by atoms with Crippen LogP contribution in [0, 0.1) is 10.8 Å². The molecule has 0 atom stereocenters. The molecule has 2 rings (SSSR count). The van der Waals surface area contributed by atoms with E-state index in [-0.39, 0.29) is 10.8 Å². The van der Waals surface area contributed by atoms with Crippen LogP contribution in [0.25, 0.3) is 0 Å². The molecule has 4 heteroatoms. The standard InChI is InChI=1S/2C20H28O2/c2*1-15(8-6-9-16(2)14-19(21)22)11-12-18-17(3)10-7-13-20(18,4)5/h2*6,8-9,11-12,14H,7,10,13H2,1-5H3,(H,21,22)/b9-6+,12-11+,15-8+,16-14+;9-6+,12-11+,15-8-,16-14-. The van der Waals surface area contributed by atoms with Crippen molar-refractivity contribution in [2.24, 2.45) is 10.8 Å². The number of hydrogen-bond donors (Lipinski definition) is 2. The molecule has 2 aliphatic rings. The van der Waals surface area contributed by atoms with Crippen molar-refractivity contribution >= 4 is 11.9 Å². The molecule has 0 aromatic rings. The molecule has 0 aromatic heterocycles. The topological polar surface area (TPSA) is 74.6 Å². The quantitative estimate of drug-likeness (QED) is 0.193. The smallest absolute Gasteiger partial charge is 0.328 e. The third-order valence-corrected chi connectivity index (χ3v) is 8.25. The number of aliphatic carboxylic acids is 2. The zero-order valence-electron chi connectivity index (χ0n) is 28.9. The summed E-state index contributed by atoms with van der Waals surface area (Å²) >= 11 is 0. The number of allylic oxidation sites excluding steroid dienone is 18. The van der Waals surface area contributed by atoms with Crippen LogP contribution in [0.1, 0.15) is 108 Å². The Morgan fingerprint density at radius 1 is 0.591 bits per heavy atom. The van der Waals surface area contributed by atoms with E-state index in [0.29, 0.717) is 0 Å². The third kappa shape index (κ3) is 14.7. The van der Waals surface area contributed by atoms with Crippen molar-refractivity contribution in [3.8, 4) is 0 Å². The number of carbonyl (C=O) groups is 2. The first-order valence-corrected chi connectivity index (χ1v) is 15.7. The van der Waals surface area contributed by atoms with E-state index >= 15 is 0 Å². The Balaban J connectivity index is 0.000000440. The van der Waals surface area contributed by atoms with Crippen LogP contribution in [0.3, 0.4) is 0 Å². The van der Waals surface area contributed by atoms with Crippen LogP contribution < -0.4 is 0 Å². The molecule has 0 spiro atoms. The Hall–Kier alpha value is -3.66. The molecule has 0 saturated carbocycles. The average Bonchev–Trinajstić information content (AvgIpc) is 2.87. The number of rotatable bonds is 10. The van der Waals surface area contributed by atoms with Crippen LogP contribution in [-0.2, 0) is 9.59 Å². The van der Waals surface area contributed by atoms with Crippen molar-refractivity contribution in [2.75, 3.05) is 0 Å². The first-order chi connectivity index (χ1) is 20.4. The highest BCUT2D eigenvalue weighted by atomic mass is 16.4. The van der Waals surface area contributed by atoms with Gasteiger partial charge < -0.3 is 10.2 Å². The van der Waals surface area contributed by atoms with Crippen molar-refractivity contribution < 1.29 is 19.8 Å². The van der Waals surface area contributed by atoms with E-state index in [9.17, 15) is 9.59 Å². The van der Waals surface area contributed by atoms with Gasteiger partial charge in [-0.2, -0.15) is 0 Å². The second-order valence-electron chi connectivity index (χ2n) is 13.5. The Morgan fingerprint density at radius 2 is 0.932 bits per heavy atom. The second kappa shape index (κ2) is 18.2. The van der Waals surface area contributed by atoms with Crippen LogP contribution in [0.2, 0.25) is 0 Å². The second-order valence-corrected chi connectivity index (χ2v) is 13.5. The fourth-order valence-corrected chi connectivity index (χ4v) is 5.75. The minimum atomic E-state index is -0.912. The Bertz CT molecular complexity index is 1240. The summed E-state index contributed by atoms with van der Waals surface area (Å²) in [7, 11) is 0. The van der Waals surface area contributed by atoms with Gasteiger partial charge in [0.2, 0.25) is 0 Å². The van der Waals surface area contributed by atoms with Crippen molar-refractivity contribution in [1.29, 1.82) is 0 Å². The van der Waals surface area contributed by atoms with Gasteiger partial charge in [0.25, 0.3) is 0 Å². The van der Waals surface area contributed by atoms with Gasteiger partial charge in [-0.3, -0.25) is 0 Å². The monoisotopic (exact) mass is 600 g/mol. The largest absolute Gasteiger partial charge is 0.478 e. The van der Waals surface area contributed by atoms with E-state index in [4.69, 9.17) is 10.2 Å². The van der Waals surface area contributed by atoms with Gasteiger partial charge in [0, 0.05) is 12.2 Å². The van der Waals surface area contributed by atoms with Gasteiger partial charge in [0.05, 0.1) is 0 Å². The van der Waals surface area contributed by atoms with Crippen molar-refractivity contribution in [2.45, 2.75) is 108 Å². The molecule has 0 amide bonds. The maximum atomic E-state index is 10.5. The molecule has 0 aromatic carbocycles. The molecule has 0 bridgehead atoms. The summed E-state index contributed by atoms with van der Waals surface area (Å²) in [6, 6.07) is 0. The van der Waals surface area contributed by atoms with Gasteiger partial charge >= 0.3 is 11.9 Å². The van der Waals surface area contributed by atoms with Gasteiger partial charge in [-0.05, 0) is 113 Å². The molecular weight excluding hydrogens is 544 g/mol. The fraction of sp³-hybridized carbons (Fsp3) is 0.450. The molecule has 0 radical (unpaired) electrons. The molecule has 0 heterocycles. The summed E-state index contributed by atoms with van der Waals surface area (Å²) in [5.74, 6) is -1.82. The number of hydrogen-bond acceptors (Lipinski definition) is 2. The molecule has 2 aliphatic carbocycles. The lowest BCUT2D eigenvalue weighted by Gasteiger charge is -2.33. The van der Waals surface area contributed by atoms with Crippen LogP contribution in [0.15, 0.2) is 117 Å². The molecule has 0 aliphatic heterocycles. The molecule has 0 saturated heterocycles. The van der Waals surface area contributed by atoms with Crippen LogP contribution in [0.5, 0.6) is 0 Å². The highest BCUT2D eigenvalue weighted by molar-refractivity contribution is 5.81. The zero-order valence-corrected chi connectivity index (χ0v) is 28.9. The van der Waals surface area contributed by atoms with E-state index in [1.807, 2.05) is 24.3 Å². The number of carboxylic acid groups (broad SMARTS) is 2. The minimum Gasteiger partial charge on any atom is -0.478 e. The lowest BCUT2D eigenvalue weighted by atomic mass is 9.72. The van der Waals surface area contributed by atoms with E-state index in [1.165, 1.54) is 73.0 Å². The van der Waals surface area contributed by atoms with Crippen LogP contribution >= 0.6 is 0 Å². The van der Waals surface area contributed by atoms with Gasteiger partial charge in [0.1, 0.15) is 0 Å². The molecule has 0 fully saturated rings. The third-order valence-electron chi connectivity index (χ3n) is 8.25. The minimum absolute atomic E-state index is 0.260. The van der Waals surface area contributed by atoms with Gasteiger partial charge in [-0.15, -0.1) is 0 Å². The summed E-state index contributed by atoms with van der Waals surface area (Å²) in [5.41, 5.74) is 10.2. The molecular formula is C40H56O4. The summed E-state index contributed by atoms with van der Waals surface area (Å²) in [5, 5.41) is 17.3. The average molecular weight is 601 g/mol. The normalized spacial score (nSPS) is 20.2. The lowest BCUT2D eigenvalue weighted by Crippen LogP contribution is -2.19. The summed E-state index contributed by atoms with van der Waals surface area (Å²) in [6.07, 6.45) is 30.0. The summed E-state index contributed by atoms with van der Waals surface area (Å²) in [4.78, 5) is 21.1. The molecule has 4 nitrogen and oxygen atoms in total. The van der Waals surface area contributed by atoms with Crippen LogP contribution in [-0.4, -0.2) is 22.2 Å². The SMILES string of the molecule is CC1=C(/C=C/C(C)=C/C=C/C(C)=C/C(=O)O)C(C)(C)CCC1.CC1=C(/C=C/C(C)=C\C=C\C(C)=C/C(=O)O)C(C)(C)CCC1. The first kappa shape index (κ1) is 38.4. The Morgan fingerprint density at radius 3 is 1.23 bits per heavy atom. The molecule has 240 valence electrons.